The van der Waals surface area contributed by atoms with Gasteiger partial charge in [-0.25, -0.2) is 4.79 Å². The molecule has 1 heterocycles. The lowest BCUT2D eigenvalue weighted by atomic mass is 9.89. The molecule has 4 nitrogen and oxygen atoms in total. The lowest BCUT2D eigenvalue weighted by molar-refractivity contribution is 0.0163. The largest absolute Gasteiger partial charge is 0.390 e. The molecule has 4 heteroatoms. The molecule has 2 rings (SSSR count). The van der Waals surface area contributed by atoms with Gasteiger partial charge in [-0.1, -0.05) is 50.3 Å². The van der Waals surface area contributed by atoms with E-state index in [1.54, 1.807) is 9.80 Å². The Labute approximate surface area is 139 Å². The van der Waals surface area contributed by atoms with E-state index in [-0.39, 0.29) is 24.0 Å². The van der Waals surface area contributed by atoms with Crippen molar-refractivity contribution in [1.82, 2.24) is 9.80 Å². The van der Waals surface area contributed by atoms with Gasteiger partial charge in [0.1, 0.15) is 0 Å². The molecule has 23 heavy (non-hydrogen) atoms. The topological polar surface area (TPSA) is 43.8 Å². The van der Waals surface area contributed by atoms with Crippen molar-refractivity contribution in [3.05, 3.63) is 48.2 Å². The van der Waals surface area contributed by atoms with Crippen LogP contribution in [0.4, 0.5) is 4.79 Å². The summed E-state index contributed by atoms with van der Waals surface area (Å²) in [7, 11) is 1.83. The zero-order valence-corrected chi connectivity index (χ0v) is 14.7. The molecule has 0 aliphatic carbocycles. The lowest BCUT2D eigenvalue weighted by Gasteiger charge is -2.27. The summed E-state index contributed by atoms with van der Waals surface area (Å²) in [4.78, 5) is 16.1. The molecule has 1 aliphatic heterocycles. The second kappa shape index (κ2) is 6.75. The molecule has 1 aliphatic rings. The standard InChI is InChI=1S/C19H28N2O2/c1-14(2)19(4,23)12-9-13-21-17(15(3)20(5)18(21)22)16-10-7-6-8-11-16/h6-11,13-15,17,23H,12H2,1-5H3/b13-9-/t15-,17-,19-/m0/s1. The van der Waals surface area contributed by atoms with Crippen LogP contribution in [-0.2, 0) is 0 Å². The number of hydrogen-bond acceptors (Lipinski definition) is 2. The van der Waals surface area contributed by atoms with E-state index in [0.29, 0.717) is 6.42 Å². The minimum atomic E-state index is -0.765. The molecular weight excluding hydrogens is 288 g/mol. The van der Waals surface area contributed by atoms with Gasteiger partial charge in [-0.15, -0.1) is 0 Å². The Morgan fingerprint density at radius 3 is 2.48 bits per heavy atom. The second-order valence-corrected chi connectivity index (χ2v) is 7.00. The van der Waals surface area contributed by atoms with E-state index < -0.39 is 5.60 Å². The van der Waals surface area contributed by atoms with Crippen LogP contribution in [-0.4, -0.2) is 39.6 Å². The van der Waals surface area contributed by atoms with Gasteiger partial charge < -0.3 is 10.0 Å². The summed E-state index contributed by atoms with van der Waals surface area (Å²) < 4.78 is 0. The van der Waals surface area contributed by atoms with Crippen LogP contribution in [0.1, 0.15) is 45.7 Å². The zero-order chi connectivity index (χ0) is 17.2. The Morgan fingerprint density at radius 1 is 1.30 bits per heavy atom. The first kappa shape index (κ1) is 17.5. The molecule has 1 aromatic carbocycles. The molecule has 0 saturated carbocycles. The number of nitrogens with zero attached hydrogens (tertiary/aromatic N) is 2. The number of carbonyl (C=O) groups excluding carboxylic acids is 1. The van der Waals surface area contributed by atoms with E-state index in [1.807, 2.05) is 58.3 Å². The van der Waals surface area contributed by atoms with Gasteiger partial charge in [0.05, 0.1) is 17.7 Å². The third-order valence-corrected chi connectivity index (χ3v) is 5.07. The maximum atomic E-state index is 12.5. The molecule has 0 spiro atoms. The average Bonchev–Trinajstić information content (AvgIpc) is 2.72. The predicted molar refractivity (Wildman–Crippen MR) is 92.9 cm³/mol. The first-order chi connectivity index (χ1) is 10.8. The number of likely N-dealkylation sites (N-methyl/N-ethyl adjacent to an activating group) is 1. The fourth-order valence-corrected chi connectivity index (χ4v) is 2.81. The summed E-state index contributed by atoms with van der Waals surface area (Å²) in [6, 6.07) is 10.2. The minimum absolute atomic E-state index is 0.00560. The molecule has 1 aromatic rings. The van der Waals surface area contributed by atoms with Crippen molar-refractivity contribution >= 4 is 6.03 Å². The Bertz CT molecular complexity index is 566. The lowest BCUT2D eigenvalue weighted by Crippen LogP contribution is -2.30. The maximum absolute atomic E-state index is 12.5. The quantitative estimate of drug-likeness (QED) is 0.898. The van der Waals surface area contributed by atoms with Crippen LogP contribution in [0.25, 0.3) is 0 Å². The number of carbonyl (C=O) groups is 1. The molecular formula is C19H28N2O2. The van der Waals surface area contributed by atoms with Crippen molar-refractivity contribution in [2.75, 3.05) is 7.05 Å². The van der Waals surface area contributed by atoms with Crippen LogP contribution in [0.3, 0.4) is 0 Å². The highest BCUT2D eigenvalue weighted by Crippen LogP contribution is 2.34. The van der Waals surface area contributed by atoms with Gasteiger partial charge in [-0.2, -0.15) is 0 Å². The molecule has 2 amide bonds. The number of amides is 2. The number of urea groups is 1. The van der Waals surface area contributed by atoms with Gasteiger partial charge in [0.15, 0.2) is 0 Å². The van der Waals surface area contributed by atoms with E-state index in [9.17, 15) is 9.90 Å². The molecule has 1 N–H and O–H groups in total. The van der Waals surface area contributed by atoms with Gasteiger partial charge >= 0.3 is 6.03 Å². The monoisotopic (exact) mass is 316 g/mol. The van der Waals surface area contributed by atoms with Gasteiger partial charge in [0.25, 0.3) is 0 Å². The highest BCUT2D eigenvalue weighted by Gasteiger charge is 2.41. The fraction of sp³-hybridized carbons (Fsp3) is 0.526. The number of rotatable bonds is 5. The van der Waals surface area contributed by atoms with Crippen LogP contribution >= 0.6 is 0 Å². The fourth-order valence-electron chi connectivity index (χ4n) is 2.81. The molecule has 3 atom stereocenters. The highest BCUT2D eigenvalue weighted by atomic mass is 16.3. The summed E-state index contributed by atoms with van der Waals surface area (Å²) in [5.41, 5.74) is 0.358. The Morgan fingerprint density at radius 2 is 1.91 bits per heavy atom. The van der Waals surface area contributed by atoms with Crippen LogP contribution in [0, 0.1) is 5.92 Å². The first-order valence-electron chi connectivity index (χ1n) is 8.25. The van der Waals surface area contributed by atoms with E-state index >= 15 is 0 Å². The summed E-state index contributed by atoms with van der Waals surface area (Å²) >= 11 is 0. The number of benzene rings is 1. The summed E-state index contributed by atoms with van der Waals surface area (Å²) in [6.07, 6.45) is 4.25. The first-order valence-corrected chi connectivity index (χ1v) is 8.25. The summed E-state index contributed by atoms with van der Waals surface area (Å²) in [5.74, 6) is 0.160. The highest BCUT2D eigenvalue weighted by molar-refractivity contribution is 5.79. The van der Waals surface area contributed by atoms with E-state index in [1.165, 1.54) is 0 Å². The van der Waals surface area contributed by atoms with Gasteiger partial charge in [-0.3, -0.25) is 4.90 Å². The molecule has 0 radical (unpaired) electrons. The molecule has 1 fully saturated rings. The van der Waals surface area contributed by atoms with Crippen molar-refractivity contribution in [3.63, 3.8) is 0 Å². The zero-order valence-electron chi connectivity index (χ0n) is 14.7. The summed E-state index contributed by atoms with van der Waals surface area (Å²) in [6.45, 7) is 7.89. The number of hydrogen-bond donors (Lipinski definition) is 1. The van der Waals surface area contributed by atoms with Gasteiger partial charge in [0, 0.05) is 13.2 Å². The van der Waals surface area contributed by atoms with Crippen LogP contribution in [0.5, 0.6) is 0 Å². The Balaban J connectivity index is 2.22. The van der Waals surface area contributed by atoms with Crippen LogP contribution in [0.15, 0.2) is 42.6 Å². The molecule has 0 unspecified atom stereocenters. The smallest absolute Gasteiger partial charge is 0.324 e. The number of aliphatic hydroxyl groups is 1. The van der Waals surface area contributed by atoms with Crippen LogP contribution < -0.4 is 0 Å². The van der Waals surface area contributed by atoms with E-state index in [2.05, 4.69) is 19.1 Å². The molecule has 0 bridgehead atoms. The molecule has 1 saturated heterocycles. The normalized spacial score (nSPS) is 24.7. The molecule has 0 aromatic heterocycles. The van der Waals surface area contributed by atoms with Crippen LogP contribution in [0.2, 0.25) is 0 Å². The van der Waals surface area contributed by atoms with E-state index in [4.69, 9.17) is 0 Å². The van der Waals surface area contributed by atoms with Crippen molar-refractivity contribution in [2.24, 2.45) is 5.92 Å². The third kappa shape index (κ3) is 3.58. The summed E-state index contributed by atoms with van der Waals surface area (Å²) in [5, 5.41) is 10.4. The maximum Gasteiger partial charge on any atom is 0.324 e. The van der Waals surface area contributed by atoms with Crippen molar-refractivity contribution in [3.8, 4) is 0 Å². The second-order valence-electron chi connectivity index (χ2n) is 7.00. The Kier molecular flexibility index (Phi) is 5.15. The minimum Gasteiger partial charge on any atom is -0.390 e. The predicted octanol–water partition coefficient (Wildman–Crippen LogP) is 3.79. The van der Waals surface area contributed by atoms with Crippen molar-refractivity contribution < 1.29 is 9.90 Å². The average molecular weight is 316 g/mol. The third-order valence-electron chi connectivity index (χ3n) is 5.07. The Hall–Kier alpha value is -1.81. The van der Waals surface area contributed by atoms with Gasteiger partial charge in [0.2, 0.25) is 0 Å². The van der Waals surface area contributed by atoms with Crippen molar-refractivity contribution in [2.45, 2.75) is 51.8 Å². The molecule has 126 valence electrons. The van der Waals surface area contributed by atoms with E-state index in [0.717, 1.165) is 5.56 Å². The SMILES string of the molecule is CC(C)[C@@](C)(O)C/C=C\N1C(=O)N(C)[C@@H](C)[C@H]1c1ccccc1. The van der Waals surface area contributed by atoms with Crippen molar-refractivity contribution in [1.29, 1.82) is 0 Å². The van der Waals surface area contributed by atoms with Gasteiger partial charge in [-0.05, 0) is 31.7 Å².